The number of hydrogen-bond acceptors (Lipinski definition) is 4. The Morgan fingerprint density at radius 1 is 1.29 bits per heavy atom. The fourth-order valence-electron chi connectivity index (χ4n) is 4.42. The number of fused-ring (bicyclic) bond motifs is 3. The van der Waals surface area contributed by atoms with Crippen LogP contribution >= 0.6 is 11.3 Å². The van der Waals surface area contributed by atoms with E-state index in [0.29, 0.717) is 23.8 Å². The summed E-state index contributed by atoms with van der Waals surface area (Å²) in [6.07, 6.45) is 4.05. The maximum atomic E-state index is 13.0. The first-order valence-corrected chi connectivity index (χ1v) is 11.0. The van der Waals surface area contributed by atoms with Crippen molar-refractivity contribution < 1.29 is 4.79 Å². The summed E-state index contributed by atoms with van der Waals surface area (Å²) in [5.41, 5.74) is 1.42. The summed E-state index contributed by atoms with van der Waals surface area (Å²) in [6, 6.07) is 4.20. The van der Waals surface area contributed by atoms with Crippen molar-refractivity contribution in [3.05, 3.63) is 33.2 Å². The van der Waals surface area contributed by atoms with E-state index in [-0.39, 0.29) is 24.1 Å². The zero-order valence-electron chi connectivity index (χ0n) is 17.0. The molecule has 1 aliphatic carbocycles. The fourth-order valence-corrected chi connectivity index (χ4v) is 5.37. The van der Waals surface area contributed by atoms with Gasteiger partial charge >= 0.3 is 0 Å². The molecule has 1 amide bonds. The Labute approximate surface area is 168 Å². The van der Waals surface area contributed by atoms with E-state index in [1.807, 2.05) is 17.4 Å². The number of aryl methyl sites for hydroxylation is 2. The lowest BCUT2D eigenvalue weighted by atomic mass is 9.78. The average molecular weight is 401 g/mol. The van der Waals surface area contributed by atoms with Gasteiger partial charge in [-0.1, -0.05) is 33.6 Å². The molecule has 0 saturated heterocycles. The van der Waals surface area contributed by atoms with Crippen molar-refractivity contribution in [3.63, 3.8) is 0 Å². The van der Waals surface area contributed by atoms with Crippen LogP contribution in [0.15, 0.2) is 16.9 Å². The van der Waals surface area contributed by atoms with E-state index in [2.05, 4.69) is 37.3 Å². The molecule has 3 aromatic heterocycles. The Morgan fingerprint density at radius 2 is 2.07 bits per heavy atom. The van der Waals surface area contributed by atoms with Crippen molar-refractivity contribution in [1.82, 2.24) is 19.5 Å². The minimum atomic E-state index is -0.210. The molecule has 0 aliphatic heterocycles. The van der Waals surface area contributed by atoms with Crippen molar-refractivity contribution >= 4 is 33.0 Å². The second-order valence-electron chi connectivity index (χ2n) is 8.15. The predicted molar refractivity (Wildman–Crippen MR) is 113 cm³/mol. The number of nitrogens with zero attached hydrogens (tertiary/aromatic N) is 3. The molecule has 150 valence electrons. The smallest absolute Gasteiger partial charge is 0.291 e. The van der Waals surface area contributed by atoms with Gasteiger partial charge in [-0.25, -0.2) is 4.68 Å². The second kappa shape index (κ2) is 7.35. The molecule has 28 heavy (non-hydrogen) atoms. The summed E-state index contributed by atoms with van der Waals surface area (Å²) < 4.78 is 4.36. The topological polar surface area (TPSA) is 68.4 Å². The molecule has 0 spiro atoms. The van der Waals surface area contributed by atoms with Crippen LogP contribution in [0, 0.1) is 18.8 Å². The molecule has 7 heteroatoms. The van der Waals surface area contributed by atoms with E-state index >= 15 is 0 Å². The van der Waals surface area contributed by atoms with Gasteiger partial charge in [0.15, 0.2) is 0 Å². The third-order valence-corrected chi connectivity index (χ3v) is 7.21. The fraction of sp³-hybridized carbons (Fsp3) is 0.571. The number of aromatic nitrogens is 3. The maximum Gasteiger partial charge on any atom is 0.291 e. The van der Waals surface area contributed by atoms with Gasteiger partial charge in [-0.2, -0.15) is 5.10 Å². The van der Waals surface area contributed by atoms with Crippen molar-refractivity contribution in [3.8, 4) is 0 Å². The van der Waals surface area contributed by atoms with Gasteiger partial charge in [-0.15, -0.1) is 11.3 Å². The average Bonchev–Trinajstić information content (AvgIpc) is 3.18. The molecule has 0 aromatic carbocycles. The molecule has 1 fully saturated rings. The number of hydrogen-bond donors (Lipinski definition) is 1. The quantitative estimate of drug-likeness (QED) is 0.728. The molecule has 0 radical (unpaired) electrons. The molecule has 1 saturated carbocycles. The molecule has 3 aromatic rings. The standard InChI is InChI=1S/C21H28N4O2S/c1-5-19-23-24(11-20(26)22-15-8-6-7-12(2)14(15)4)21(27)17-10-18-16(25(17)19)9-13(3)28-18/h9-10,12,14-15H,5-8,11H2,1-4H3,(H,22,26)/t12-,14-,15+/m0/s1. The van der Waals surface area contributed by atoms with Gasteiger partial charge in [0.25, 0.3) is 5.56 Å². The van der Waals surface area contributed by atoms with Crippen LogP contribution in [0.5, 0.6) is 0 Å². The van der Waals surface area contributed by atoms with Crippen LogP contribution < -0.4 is 10.9 Å². The Kier molecular flexibility index (Phi) is 5.04. The second-order valence-corrected chi connectivity index (χ2v) is 9.43. The predicted octanol–water partition coefficient (Wildman–Crippen LogP) is 3.52. The van der Waals surface area contributed by atoms with E-state index in [1.165, 1.54) is 16.0 Å². The first kappa shape index (κ1) is 19.2. The normalized spacial score (nSPS) is 22.8. The molecular formula is C21H28N4O2S. The maximum absolute atomic E-state index is 13.0. The first-order valence-electron chi connectivity index (χ1n) is 10.2. The van der Waals surface area contributed by atoms with Crippen molar-refractivity contribution in [2.24, 2.45) is 11.8 Å². The Morgan fingerprint density at radius 3 is 2.82 bits per heavy atom. The van der Waals surface area contributed by atoms with Crippen LogP contribution in [0.3, 0.4) is 0 Å². The summed E-state index contributed by atoms with van der Waals surface area (Å²) in [7, 11) is 0. The monoisotopic (exact) mass is 400 g/mol. The molecule has 1 aliphatic rings. The highest BCUT2D eigenvalue weighted by molar-refractivity contribution is 7.19. The first-order chi connectivity index (χ1) is 13.4. The molecule has 4 rings (SSSR count). The third kappa shape index (κ3) is 3.26. The number of nitrogens with one attached hydrogen (secondary N) is 1. The summed E-state index contributed by atoms with van der Waals surface area (Å²) in [6.45, 7) is 8.51. The summed E-state index contributed by atoms with van der Waals surface area (Å²) in [5, 5.41) is 7.67. The SMILES string of the molecule is CCc1nn(CC(=O)N[C@@H]2CCC[C@H](C)[C@@H]2C)c(=O)c2cc3sc(C)cc3n12. The van der Waals surface area contributed by atoms with Gasteiger partial charge in [0, 0.05) is 17.3 Å². The van der Waals surface area contributed by atoms with Crippen molar-refractivity contribution in [2.75, 3.05) is 0 Å². The van der Waals surface area contributed by atoms with Crippen molar-refractivity contribution in [1.29, 1.82) is 0 Å². The molecule has 3 heterocycles. The van der Waals surface area contributed by atoms with Crippen LogP contribution in [0.1, 0.15) is 50.7 Å². The van der Waals surface area contributed by atoms with Gasteiger partial charge in [-0.05, 0) is 37.3 Å². The molecule has 3 atom stereocenters. The van der Waals surface area contributed by atoms with Crippen molar-refractivity contribution in [2.45, 2.75) is 66.0 Å². The van der Waals surface area contributed by atoms with E-state index in [4.69, 9.17) is 0 Å². The number of amides is 1. The summed E-state index contributed by atoms with van der Waals surface area (Å²) >= 11 is 1.67. The third-order valence-electron chi connectivity index (χ3n) is 6.22. The van der Waals surface area contributed by atoms with Crippen LogP contribution in [0.4, 0.5) is 0 Å². The van der Waals surface area contributed by atoms with E-state index < -0.39 is 0 Å². The van der Waals surface area contributed by atoms with E-state index in [0.717, 1.165) is 28.9 Å². The highest BCUT2D eigenvalue weighted by Gasteiger charge is 2.28. The number of carbonyl (C=O) groups is 1. The lowest BCUT2D eigenvalue weighted by Crippen LogP contribution is -2.46. The Bertz CT molecular complexity index is 1090. The van der Waals surface area contributed by atoms with Gasteiger partial charge < -0.3 is 5.32 Å². The highest BCUT2D eigenvalue weighted by atomic mass is 32.1. The highest BCUT2D eigenvalue weighted by Crippen LogP contribution is 2.30. The van der Waals surface area contributed by atoms with Crippen LogP contribution in [-0.2, 0) is 17.8 Å². The number of thiophene rings is 1. The number of rotatable bonds is 4. The molecule has 0 unspecified atom stereocenters. The molecular weight excluding hydrogens is 372 g/mol. The van der Waals surface area contributed by atoms with E-state index in [1.54, 1.807) is 11.3 Å². The zero-order chi connectivity index (χ0) is 20.0. The molecule has 0 bridgehead atoms. The van der Waals surface area contributed by atoms with E-state index in [9.17, 15) is 9.59 Å². The lowest BCUT2D eigenvalue weighted by Gasteiger charge is -2.34. The summed E-state index contributed by atoms with van der Waals surface area (Å²) in [5.74, 6) is 1.74. The van der Waals surface area contributed by atoms with Gasteiger partial charge in [0.2, 0.25) is 5.91 Å². The minimum Gasteiger partial charge on any atom is -0.351 e. The molecule has 1 N–H and O–H groups in total. The molecule has 6 nitrogen and oxygen atoms in total. The van der Waals surface area contributed by atoms with Gasteiger partial charge in [0.1, 0.15) is 17.9 Å². The van der Waals surface area contributed by atoms with Crippen LogP contribution in [0.25, 0.3) is 15.7 Å². The largest absolute Gasteiger partial charge is 0.351 e. The van der Waals surface area contributed by atoms with Gasteiger partial charge in [-0.3, -0.25) is 14.0 Å². The zero-order valence-corrected chi connectivity index (χ0v) is 17.8. The number of carbonyl (C=O) groups excluding carboxylic acids is 1. The minimum absolute atomic E-state index is 0.0300. The Hall–Kier alpha value is -2.15. The van der Waals surface area contributed by atoms with Crippen LogP contribution in [0.2, 0.25) is 0 Å². The van der Waals surface area contributed by atoms with Crippen LogP contribution in [-0.4, -0.2) is 26.1 Å². The lowest BCUT2D eigenvalue weighted by molar-refractivity contribution is -0.123. The Balaban J connectivity index is 1.64. The van der Waals surface area contributed by atoms with Gasteiger partial charge in [0.05, 0.1) is 10.2 Å². The summed E-state index contributed by atoms with van der Waals surface area (Å²) in [4.78, 5) is 26.9.